The Morgan fingerprint density at radius 1 is 1.03 bits per heavy atom. The highest BCUT2D eigenvalue weighted by Crippen LogP contribution is 2.34. The van der Waals surface area contributed by atoms with Crippen molar-refractivity contribution in [2.24, 2.45) is 11.1 Å². The number of oxime groups is 1. The van der Waals surface area contributed by atoms with Gasteiger partial charge in [-0.1, -0.05) is 42.4 Å². The van der Waals surface area contributed by atoms with Gasteiger partial charge in [-0.15, -0.1) is 0 Å². The lowest BCUT2D eigenvalue weighted by Gasteiger charge is -2.26. The van der Waals surface area contributed by atoms with Gasteiger partial charge >= 0.3 is 15.5 Å². The maximum absolute atomic E-state index is 12.9. The SMILES string of the molecule is O=S(=O)(Nc1ccc(Cl)cc1C(=NOC1CCCCC1)C1CCCCC1)C(F)(F)F. The van der Waals surface area contributed by atoms with Gasteiger partial charge in [0.1, 0.15) is 6.10 Å². The van der Waals surface area contributed by atoms with Crippen molar-refractivity contribution in [1.82, 2.24) is 0 Å². The maximum atomic E-state index is 12.9. The molecule has 0 aliphatic heterocycles. The van der Waals surface area contributed by atoms with E-state index in [1.807, 2.05) is 0 Å². The fourth-order valence-corrected chi connectivity index (χ4v) is 4.80. The van der Waals surface area contributed by atoms with Gasteiger partial charge in [0.2, 0.25) is 0 Å². The smallest absolute Gasteiger partial charge is 0.392 e. The highest BCUT2D eigenvalue weighted by Gasteiger charge is 2.46. The Labute approximate surface area is 180 Å². The Balaban J connectivity index is 1.98. The minimum atomic E-state index is -5.57. The molecule has 2 fully saturated rings. The Kier molecular flexibility index (Phi) is 7.55. The molecule has 3 rings (SSSR count). The van der Waals surface area contributed by atoms with Crippen molar-refractivity contribution >= 4 is 33.0 Å². The van der Waals surface area contributed by atoms with Gasteiger partial charge in [-0.05, 0) is 56.7 Å². The summed E-state index contributed by atoms with van der Waals surface area (Å²) in [5.41, 5.74) is -4.93. The first-order valence-electron chi connectivity index (χ1n) is 10.3. The van der Waals surface area contributed by atoms with E-state index < -0.39 is 15.5 Å². The first-order chi connectivity index (χ1) is 14.2. The van der Waals surface area contributed by atoms with Crippen molar-refractivity contribution in [2.45, 2.75) is 75.8 Å². The van der Waals surface area contributed by atoms with E-state index in [1.165, 1.54) is 18.2 Å². The molecule has 0 saturated heterocycles. The molecule has 1 aromatic carbocycles. The van der Waals surface area contributed by atoms with Gasteiger partial charge in [0, 0.05) is 16.5 Å². The zero-order valence-electron chi connectivity index (χ0n) is 16.5. The summed E-state index contributed by atoms with van der Waals surface area (Å²) in [6.07, 6.45) is 9.61. The summed E-state index contributed by atoms with van der Waals surface area (Å²) in [6, 6.07) is 4.03. The maximum Gasteiger partial charge on any atom is 0.516 e. The van der Waals surface area contributed by atoms with Crippen molar-refractivity contribution < 1.29 is 26.4 Å². The molecule has 0 unspecified atom stereocenters. The summed E-state index contributed by atoms with van der Waals surface area (Å²) in [7, 11) is -5.57. The van der Waals surface area contributed by atoms with Gasteiger partial charge in [0.15, 0.2) is 0 Å². The van der Waals surface area contributed by atoms with Gasteiger partial charge < -0.3 is 4.84 Å². The van der Waals surface area contributed by atoms with Crippen LogP contribution in [0, 0.1) is 5.92 Å². The normalized spacial score (nSPS) is 20.2. The molecule has 168 valence electrons. The molecule has 2 saturated carbocycles. The Morgan fingerprint density at radius 2 is 1.63 bits per heavy atom. The summed E-state index contributed by atoms with van der Waals surface area (Å²) in [4.78, 5) is 5.79. The number of nitrogens with one attached hydrogen (secondary N) is 1. The number of sulfonamides is 1. The second-order valence-corrected chi connectivity index (χ2v) is 10.0. The highest BCUT2D eigenvalue weighted by molar-refractivity contribution is 7.93. The number of halogens is 4. The molecule has 0 radical (unpaired) electrons. The summed E-state index contributed by atoms with van der Waals surface area (Å²) >= 11 is 6.11. The van der Waals surface area contributed by atoms with Crippen molar-refractivity contribution in [3.05, 3.63) is 28.8 Å². The van der Waals surface area contributed by atoms with Crippen molar-refractivity contribution in [3.63, 3.8) is 0 Å². The van der Waals surface area contributed by atoms with Crippen LogP contribution in [-0.4, -0.2) is 25.7 Å². The fraction of sp³-hybridized carbons (Fsp3) is 0.650. The van der Waals surface area contributed by atoms with E-state index in [2.05, 4.69) is 5.16 Å². The minimum Gasteiger partial charge on any atom is -0.392 e. The molecule has 1 aromatic rings. The third-order valence-corrected chi connectivity index (χ3v) is 6.98. The molecule has 0 atom stereocenters. The molecule has 0 heterocycles. The van der Waals surface area contributed by atoms with Crippen LogP contribution < -0.4 is 4.72 Å². The van der Waals surface area contributed by atoms with Gasteiger partial charge in [0.05, 0.1) is 11.4 Å². The van der Waals surface area contributed by atoms with Crippen LogP contribution in [-0.2, 0) is 14.9 Å². The first kappa shape index (κ1) is 23.2. The lowest BCUT2D eigenvalue weighted by molar-refractivity contribution is -0.0429. The van der Waals surface area contributed by atoms with Crippen LogP contribution in [0.3, 0.4) is 0 Å². The van der Waals surface area contributed by atoms with Gasteiger partial charge in [-0.25, -0.2) is 0 Å². The zero-order valence-corrected chi connectivity index (χ0v) is 18.1. The van der Waals surface area contributed by atoms with Crippen LogP contribution in [0.15, 0.2) is 23.4 Å². The monoisotopic (exact) mass is 466 g/mol. The molecular weight excluding hydrogens is 441 g/mol. The molecule has 0 amide bonds. The Morgan fingerprint density at radius 3 is 2.23 bits per heavy atom. The molecule has 1 N–H and O–H groups in total. The molecular formula is C20H26ClF3N2O3S. The van der Waals surface area contributed by atoms with E-state index >= 15 is 0 Å². The lowest BCUT2D eigenvalue weighted by Crippen LogP contribution is -2.31. The first-order valence-corrected chi connectivity index (χ1v) is 12.2. The topological polar surface area (TPSA) is 67.8 Å². The van der Waals surface area contributed by atoms with E-state index in [4.69, 9.17) is 16.4 Å². The van der Waals surface area contributed by atoms with Crippen LogP contribution in [0.4, 0.5) is 18.9 Å². The number of nitrogens with zero attached hydrogens (tertiary/aromatic N) is 1. The van der Waals surface area contributed by atoms with Crippen LogP contribution in [0.2, 0.25) is 5.02 Å². The number of anilines is 1. The number of rotatable bonds is 6. The average Bonchev–Trinajstić information content (AvgIpc) is 2.71. The number of hydrogen-bond acceptors (Lipinski definition) is 4. The predicted molar refractivity (Wildman–Crippen MR) is 111 cm³/mol. The highest BCUT2D eigenvalue weighted by atomic mass is 35.5. The second-order valence-electron chi connectivity index (χ2n) is 7.92. The lowest BCUT2D eigenvalue weighted by atomic mass is 9.83. The van der Waals surface area contributed by atoms with Crippen LogP contribution in [0.5, 0.6) is 0 Å². The standard InChI is InChI=1S/C20H26ClF3N2O3S/c21-15-11-12-18(26-30(27,28)20(22,23)24)17(13-15)19(14-7-3-1-4-8-14)25-29-16-9-5-2-6-10-16/h11-14,16,26H,1-10H2. The summed E-state index contributed by atoms with van der Waals surface area (Å²) in [5.74, 6) is -0.0325. The molecule has 10 heteroatoms. The van der Waals surface area contributed by atoms with Crippen LogP contribution in [0.1, 0.15) is 69.8 Å². The summed E-state index contributed by atoms with van der Waals surface area (Å²) < 4.78 is 63.9. The van der Waals surface area contributed by atoms with Crippen molar-refractivity contribution in [2.75, 3.05) is 4.72 Å². The quantitative estimate of drug-likeness (QED) is 0.399. The molecule has 0 bridgehead atoms. The largest absolute Gasteiger partial charge is 0.516 e. The number of benzene rings is 1. The Bertz CT molecular complexity index is 863. The molecule has 30 heavy (non-hydrogen) atoms. The van der Waals surface area contributed by atoms with Crippen LogP contribution in [0.25, 0.3) is 0 Å². The summed E-state index contributed by atoms with van der Waals surface area (Å²) in [5, 5.41) is 4.66. The predicted octanol–water partition coefficient (Wildman–Crippen LogP) is 6.24. The number of alkyl halides is 3. The fourth-order valence-electron chi connectivity index (χ4n) is 4.04. The summed E-state index contributed by atoms with van der Waals surface area (Å²) in [6.45, 7) is 0. The van der Waals surface area contributed by atoms with Gasteiger partial charge in [0.25, 0.3) is 0 Å². The average molecular weight is 467 g/mol. The molecule has 2 aliphatic carbocycles. The van der Waals surface area contributed by atoms with Gasteiger partial charge in [-0.2, -0.15) is 21.6 Å². The third kappa shape index (κ3) is 5.81. The van der Waals surface area contributed by atoms with Crippen LogP contribution >= 0.6 is 11.6 Å². The van der Waals surface area contributed by atoms with E-state index in [0.717, 1.165) is 64.2 Å². The van der Waals surface area contributed by atoms with Crippen molar-refractivity contribution in [1.29, 1.82) is 0 Å². The molecule has 2 aliphatic rings. The van der Waals surface area contributed by atoms with E-state index in [-0.39, 0.29) is 28.3 Å². The van der Waals surface area contributed by atoms with Gasteiger partial charge in [-0.3, -0.25) is 4.72 Å². The number of hydrogen-bond donors (Lipinski definition) is 1. The Hall–Kier alpha value is -1.48. The molecule has 5 nitrogen and oxygen atoms in total. The van der Waals surface area contributed by atoms with E-state index in [1.54, 1.807) is 4.72 Å². The molecule has 0 spiro atoms. The zero-order chi connectivity index (χ0) is 21.8. The van der Waals surface area contributed by atoms with E-state index in [9.17, 15) is 21.6 Å². The second kappa shape index (κ2) is 9.77. The minimum absolute atomic E-state index is 0.0325. The molecule has 0 aromatic heterocycles. The third-order valence-electron chi connectivity index (χ3n) is 5.65. The van der Waals surface area contributed by atoms with E-state index in [0.29, 0.717) is 5.71 Å². The van der Waals surface area contributed by atoms with Crippen molar-refractivity contribution in [3.8, 4) is 0 Å².